The Morgan fingerprint density at radius 2 is 1.30 bits per heavy atom. The van der Waals surface area contributed by atoms with Gasteiger partial charge in [0.15, 0.2) is 0 Å². The predicted octanol–water partition coefficient (Wildman–Crippen LogP) is 15.0. The number of furan rings is 1. The van der Waals surface area contributed by atoms with Crippen molar-refractivity contribution in [3.05, 3.63) is 163 Å². The molecule has 1 radical (unpaired) electrons. The van der Waals surface area contributed by atoms with Crippen LogP contribution >= 0.6 is 0 Å². The number of rotatable bonds is 8. The molecule has 8 aromatic rings. The van der Waals surface area contributed by atoms with Crippen molar-refractivity contribution >= 4 is 39.6 Å². The molecule has 5 aromatic carbocycles. The Morgan fingerprint density at radius 3 is 2.03 bits per heavy atom. The zero-order valence-corrected chi connectivity index (χ0v) is 40.6. The van der Waals surface area contributed by atoms with Crippen LogP contribution in [0.25, 0.3) is 66.7 Å². The van der Waals surface area contributed by atoms with Crippen LogP contribution in [-0.4, -0.2) is 23.2 Å². The first kappa shape index (κ1) is 43.1. The van der Waals surface area contributed by atoms with Gasteiger partial charge in [-0.25, -0.2) is 0 Å². The molecule has 0 aliphatic heterocycles. The number of pyridine rings is 2. The van der Waals surface area contributed by atoms with Crippen molar-refractivity contribution in [1.29, 1.82) is 0 Å². The molecule has 5 heteroatoms. The Morgan fingerprint density at radius 1 is 0.623 bits per heavy atom. The molecular formula is C56H56GeIrN2O-2. The first-order valence-electron chi connectivity index (χ1n) is 22.2. The van der Waals surface area contributed by atoms with Crippen LogP contribution in [0.3, 0.4) is 0 Å². The summed E-state index contributed by atoms with van der Waals surface area (Å²) in [6.45, 7) is 2.23. The Hall–Kier alpha value is -4.61. The summed E-state index contributed by atoms with van der Waals surface area (Å²) in [4.78, 5) is 9.45. The Balaban J connectivity index is 0.000000191. The number of hydrogen-bond acceptors (Lipinski definition) is 3. The summed E-state index contributed by atoms with van der Waals surface area (Å²) < 4.78 is 7.78. The molecule has 10 rings (SSSR count). The fourth-order valence-corrected chi connectivity index (χ4v) is 13.2. The van der Waals surface area contributed by atoms with Gasteiger partial charge in [0.2, 0.25) is 0 Å². The molecule has 311 valence electrons. The molecule has 0 saturated heterocycles. The van der Waals surface area contributed by atoms with Gasteiger partial charge in [-0.15, -0.1) is 23.8 Å². The van der Waals surface area contributed by atoms with E-state index in [0.29, 0.717) is 0 Å². The molecular weight excluding hydrogens is 981 g/mol. The summed E-state index contributed by atoms with van der Waals surface area (Å²) in [6.07, 6.45) is 17.5. The third kappa shape index (κ3) is 10.0. The van der Waals surface area contributed by atoms with Crippen molar-refractivity contribution in [3.63, 3.8) is 0 Å². The molecule has 3 aromatic heterocycles. The van der Waals surface area contributed by atoms with Crippen molar-refractivity contribution in [2.75, 3.05) is 0 Å². The molecule has 2 saturated carbocycles. The largest absolute Gasteiger partial charge is 0.500 e. The maximum atomic E-state index is 6.27. The first-order valence-corrected chi connectivity index (χ1v) is 29.6. The van der Waals surface area contributed by atoms with E-state index in [0.717, 1.165) is 68.3 Å². The second kappa shape index (κ2) is 19.2. The van der Waals surface area contributed by atoms with Gasteiger partial charge in [0.05, 0.1) is 5.58 Å². The number of aryl methyl sites for hydroxylation is 1. The van der Waals surface area contributed by atoms with E-state index >= 15 is 0 Å². The van der Waals surface area contributed by atoms with Crippen LogP contribution in [0.2, 0.25) is 17.3 Å². The third-order valence-electron chi connectivity index (χ3n) is 12.9. The van der Waals surface area contributed by atoms with Crippen LogP contribution in [-0.2, 0) is 26.5 Å². The van der Waals surface area contributed by atoms with Gasteiger partial charge in [0, 0.05) is 31.7 Å². The van der Waals surface area contributed by atoms with Crippen molar-refractivity contribution in [2.45, 2.75) is 94.3 Å². The van der Waals surface area contributed by atoms with Gasteiger partial charge in [-0.1, -0.05) is 116 Å². The average molecular weight is 1040 g/mol. The molecule has 2 aliphatic rings. The summed E-state index contributed by atoms with van der Waals surface area (Å²) in [5.41, 5.74) is 15.0. The van der Waals surface area contributed by atoms with Crippen molar-refractivity contribution in [3.8, 4) is 44.8 Å². The number of hydrogen-bond donors (Lipinski definition) is 0. The predicted molar refractivity (Wildman–Crippen MR) is 254 cm³/mol. The molecule has 2 aliphatic carbocycles. The normalized spacial score (nSPS) is 14.8. The quantitative estimate of drug-likeness (QED) is 0.112. The zero-order chi connectivity index (χ0) is 41.1. The first-order chi connectivity index (χ1) is 29.2. The molecule has 0 bridgehead atoms. The van der Waals surface area contributed by atoms with E-state index in [9.17, 15) is 0 Å². The third-order valence-corrected chi connectivity index (χ3v) is 17.4. The number of fused-ring (bicyclic) bond motifs is 3. The molecule has 0 N–H and O–H groups in total. The van der Waals surface area contributed by atoms with E-state index in [-0.39, 0.29) is 20.1 Å². The van der Waals surface area contributed by atoms with Crippen LogP contribution in [0.5, 0.6) is 0 Å². The second-order valence-corrected chi connectivity index (χ2v) is 28.9. The molecule has 3 nitrogen and oxygen atoms in total. The standard InChI is InChI=1S/C36H30NO.C20H26GeN.Ir/c1-3-7-25(8-4-1)21-26-19-20-37-34(22-26)31-16-18-35-33(23-31)32-17-15-30(24-36(32)38-35)29-13-11-28(12-14-29)27-9-5-2-6-10-27;1-15-12-20(22-14-19(15)21(2,3)4)18-11-7-10-17(13-18)16-8-5-6-9-16;/h2,5-6,9-15,17-20,22-25H,1,3-4,7-8,21H2;7,10,12-14,16H,5-6,8-9H2,1-4H3;/q2*-1;. The van der Waals surface area contributed by atoms with Crippen LogP contribution < -0.4 is 4.40 Å². The van der Waals surface area contributed by atoms with Crippen molar-refractivity contribution < 1.29 is 24.5 Å². The Bertz CT molecular complexity index is 2720. The van der Waals surface area contributed by atoms with Crippen molar-refractivity contribution in [1.82, 2.24) is 9.97 Å². The molecule has 0 atom stereocenters. The summed E-state index contributed by atoms with van der Waals surface area (Å²) in [5.74, 6) is 8.84. The molecule has 0 amide bonds. The number of nitrogens with zero attached hydrogens (tertiary/aromatic N) is 2. The van der Waals surface area contributed by atoms with Gasteiger partial charge in [-0.05, 0) is 52.4 Å². The molecule has 2 fully saturated rings. The van der Waals surface area contributed by atoms with Gasteiger partial charge in [0.1, 0.15) is 5.58 Å². The average Bonchev–Trinajstić information content (AvgIpc) is 3.96. The van der Waals surface area contributed by atoms with E-state index in [2.05, 4.69) is 152 Å². The topological polar surface area (TPSA) is 38.9 Å². The maximum Gasteiger partial charge on any atom is 0.121 e. The monoisotopic (exact) mass is 1040 g/mol. The number of aromatic nitrogens is 2. The molecule has 0 spiro atoms. The van der Waals surface area contributed by atoms with Crippen LogP contribution in [0.15, 0.2) is 138 Å². The van der Waals surface area contributed by atoms with Crippen LogP contribution in [0, 0.1) is 25.0 Å². The van der Waals surface area contributed by atoms with E-state index in [1.54, 1.807) is 0 Å². The van der Waals surface area contributed by atoms with Gasteiger partial charge >= 0.3 is 137 Å². The summed E-state index contributed by atoms with van der Waals surface area (Å²) in [6, 6.07) is 50.0. The minimum atomic E-state index is -1.81. The van der Waals surface area contributed by atoms with E-state index < -0.39 is 13.3 Å². The Labute approximate surface area is 379 Å². The van der Waals surface area contributed by atoms with Gasteiger partial charge in [0.25, 0.3) is 0 Å². The van der Waals surface area contributed by atoms with E-state index in [4.69, 9.17) is 14.4 Å². The number of benzene rings is 5. The second-order valence-electron chi connectivity index (χ2n) is 18.3. The van der Waals surface area contributed by atoms with E-state index in [1.807, 2.05) is 18.3 Å². The summed E-state index contributed by atoms with van der Waals surface area (Å²) in [7, 11) is 0. The molecule has 0 unspecified atom stereocenters. The van der Waals surface area contributed by atoms with E-state index in [1.165, 1.54) is 95.6 Å². The zero-order valence-electron chi connectivity index (χ0n) is 36.1. The van der Waals surface area contributed by atoms with Crippen LogP contribution in [0.1, 0.15) is 80.4 Å². The smallest absolute Gasteiger partial charge is 0.121 e. The maximum absolute atomic E-state index is 6.27. The summed E-state index contributed by atoms with van der Waals surface area (Å²) in [5, 5.41) is 2.23. The van der Waals surface area contributed by atoms with Crippen LogP contribution in [0.4, 0.5) is 0 Å². The SMILES string of the molecule is Cc1cc(-c2[c-]ccc(C3CCCC3)c2)nc[c]1[Ge]([CH3])([CH3])[CH3].[Ir].[c-]1cc2oc3cc(-c4ccc(-c5ccccc5)cc4)ccc3c2cc1-c1cc(CC2CCCCC2)ccn1. The molecule has 3 heterocycles. The summed E-state index contributed by atoms with van der Waals surface area (Å²) >= 11 is -1.81. The van der Waals surface area contributed by atoms with Crippen molar-refractivity contribution in [2.24, 2.45) is 5.92 Å². The molecule has 61 heavy (non-hydrogen) atoms. The fourth-order valence-electron chi connectivity index (χ4n) is 9.64. The van der Waals surface area contributed by atoms with Gasteiger partial charge in [-0.2, -0.15) is 0 Å². The minimum absolute atomic E-state index is 0. The van der Waals surface area contributed by atoms with Gasteiger partial charge in [-0.3, -0.25) is 0 Å². The van der Waals surface area contributed by atoms with Gasteiger partial charge < -0.3 is 9.40 Å². The minimum Gasteiger partial charge on any atom is -0.500 e. The fraction of sp³-hybridized carbons (Fsp3) is 0.286. The Kier molecular flexibility index (Phi) is 13.6.